The molecule has 1 aromatic heterocycles. The Bertz CT molecular complexity index is 399. The van der Waals surface area contributed by atoms with Crippen molar-refractivity contribution in [1.82, 2.24) is 15.5 Å². The topological polar surface area (TPSA) is 74.4 Å². The Balaban J connectivity index is 1.90. The van der Waals surface area contributed by atoms with E-state index in [-0.39, 0.29) is 0 Å². The first-order chi connectivity index (χ1) is 8.98. The first-order valence-electron chi connectivity index (χ1n) is 6.98. The van der Waals surface area contributed by atoms with Crippen molar-refractivity contribution in [2.24, 2.45) is 0 Å². The second-order valence-electron chi connectivity index (χ2n) is 5.80. The lowest BCUT2D eigenvalue weighted by atomic mass is 10.0. The number of nitrogens with zero attached hydrogens (tertiary/aromatic N) is 3. The van der Waals surface area contributed by atoms with Crippen molar-refractivity contribution in [1.29, 1.82) is 0 Å². The van der Waals surface area contributed by atoms with Crippen LogP contribution < -0.4 is 10.2 Å². The van der Waals surface area contributed by atoms with Gasteiger partial charge >= 0.3 is 6.01 Å². The number of likely N-dealkylation sites (N-methyl/N-ethyl adjacent to an activating group) is 1. The molecule has 6 nitrogen and oxygen atoms in total. The van der Waals surface area contributed by atoms with Gasteiger partial charge in [-0.15, -0.1) is 5.10 Å². The van der Waals surface area contributed by atoms with E-state index in [2.05, 4.69) is 29.4 Å². The third kappa shape index (κ3) is 3.91. The first-order valence-corrected chi connectivity index (χ1v) is 6.98. The van der Waals surface area contributed by atoms with Gasteiger partial charge in [-0.3, -0.25) is 0 Å². The zero-order valence-corrected chi connectivity index (χ0v) is 12.0. The van der Waals surface area contributed by atoms with Crippen molar-refractivity contribution in [3.05, 3.63) is 5.89 Å². The summed E-state index contributed by atoms with van der Waals surface area (Å²) < 4.78 is 5.58. The summed E-state index contributed by atoms with van der Waals surface area (Å²) >= 11 is 0. The fourth-order valence-electron chi connectivity index (χ4n) is 2.46. The highest BCUT2D eigenvalue weighted by Gasteiger charge is 2.33. The zero-order valence-electron chi connectivity index (χ0n) is 12.0. The van der Waals surface area contributed by atoms with Crippen molar-refractivity contribution in [3.63, 3.8) is 0 Å². The molecule has 0 unspecified atom stereocenters. The zero-order chi connectivity index (χ0) is 13.9. The molecule has 6 heteroatoms. The second kappa shape index (κ2) is 5.88. The summed E-state index contributed by atoms with van der Waals surface area (Å²) in [5, 5.41) is 21.6. The van der Waals surface area contributed by atoms with E-state index < -0.39 is 5.60 Å². The van der Waals surface area contributed by atoms with Crippen molar-refractivity contribution in [2.75, 3.05) is 18.5 Å². The Kier molecular flexibility index (Phi) is 4.42. The molecular formula is C13H24N4O2. The highest BCUT2D eigenvalue weighted by Crippen LogP contribution is 2.30. The standard InChI is InChI=1S/C13H24N4O2/c1-10(2)14-8-11-15-16-12(19-11)17(3)9-13(18)6-4-5-7-13/h10,14,18H,4-9H2,1-3H3. The van der Waals surface area contributed by atoms with Gasteiger partial charge < -0.3 is 19.7 Å². The molecule has 108 valence electrons. The van der Waals surface area contributed by atoms with Gasteiger partial charge in [-0.05, 0) is 12.8 Å². The molecule has 0 atom stereocenters. The van der Waals surface area contributed by atoms with Gasteiger partial charge in [0, 0.05) is 13.1 Å². The predicted molar refractivity (Wildman–Crippen MR) is 73.0 cm³/mol. The molecule has 0 saturated heterocycles. The molecular weight excluding hydrogens is 244 g/mol. The maximum absolute atomic E-state index is 10.4. The van der Waals surface area contributed by atoms with Gasteiger partial charge in [0.1, 0.15) is 0 Å². The maximum Gasteiger partial charge on any atom is 0.318 e. The number of hydrogen-bond donors (Lipinski definition) is 2. The van der Waals surface area contributed by atoms with E-state index in [1.54, 1.807) is 0 Å². The van der Waals surface area contributed by atoms with E-state index >= 15 is 0 Å². The molecule has 0 spiro atoms. The smallest absolute Gasteiger partial charge is 0.318 e. The second-order valence-corrected chi connectivity index (χ2v) is 5.80. The number of aliphatic hydroxyl groups is 1. The van der Waals surface area contributed by atoms with Crippen molar-refractivity contribution in [2.45, 2.75) is 57.7 Å². The number of rotatable bonds is 6. The summed E-state index contributed by atoms with van der Waals surface area (Å²) in [5.41, 5.74) is -0.598. The van der Waals surface area contributed by atoms with E-state index in [1.165, 1.54) is 0 Å². The van der Waals surface area contributed by atoms with Crippen LogP contribution in [-0.2, 0) is 6.54 Å². The van der Waals surface area contributed by atoms with Crippen molar-refractivity contribution in [3.8, 4) is 0 Å². The van der Waals surface area contributed by atoms with Crippen molar-refractivity contribution >= 4 is 6.01 Å². The molecule has 0 aliphatic heterocycles. The van der Waals surface area contributed by atoms with Gasteiger partial charge in [0.2, 0.25) is 5.89 Å². The normalized spacial score (nSPS) is 18.2. The van der Waals surface area contributed by atoms with Gasteiger partial charge in [-0.1, -0.05) is 31.8 Å². The monoisotopic (exact) mass is 268 g/mol. The van der Waals surface area contributed by atoms with Crippen LogP contribution in [0.1, 0.15) is 45.4 Å². The van der Waals surface area contributed by atoms with Crippen molar-refractivity contribution < 1.29 is 9.52 Å². The lowest BCUT2D eigenvalue weighted by molar-refractivity contribution is 0.0549. The molecule has 0 aromatic carbocycles. The third-order valence-electron chi connectivity index (χ3n) is 3.51. The predicted octanol–water partition coefficient (Wildman–Crippen LogP) is 1.31. The Morgan fingerprint density at radius 3 is 2.68 bits per heavy atom. The van der Waals surface area contributed by atoms with Gasteiger partial charge in [0.05, 0.1) is 18.7 Å². The molecule has 0 radical (unpaired) electrons. The third-order valence-corrected chi connectivity index (χ3v) is 3.51. The summed E-state index contributed by atoms with van der Waals surface area (Å²) in [4.78, 5) is 1.84. The highest BCUT2D eigenvalue weighted by atomic mass is 16.4. The number of hydrogen-bond acceptors (Lipinski definition) is 6. The summed E-state index contributed by atoms with van der Waals surface area (Å²) in [6.07, 6.45) is 3.90. The van der Waals surface area contributed by atoms with E-state index in [4.69, 9.17) is 4.42 Å². The van der Waals surface area contributed by atoms with Crippen LogP contribution in [0, 0.1) is 0 Å². The number of nitrogens with one attached hydrogen (secondary N) is 1. The van der Waals surface area contributed by atoms with Crippen LogP contribution in [0.4, 0.5) is 6.01 Å². The molecule has 1 fully saturated rings. The largest absolute Gasteiger partial charge is 0.407 e. The van der Waals surface area contributed by atoms with Gasteiger partial charge in [0.25, 0.3) is 0 Å². The van der Waals surface area contributed by atoms with Gasteiger partial charge in [-0.25, -0.2) is 0 Å². The molecule has 1 aliphatic rings. The Morgan fingerprint density at radius 2 is 2.05 bits per heavy atom. The molecule has 2 N–H and O–H groups in total. The average molecular weight is 268 g/mol. The SMILES string of the molecule is CC(C)NCc1nnc(N(C)CC2(O)CCCC2)o1. The molecule has 1 aromatic rings. The van der Waals surface area contributed by atoms with Crippen LogP contribution in [0.25, 0.3) is 0 Å². The molecule has 1 saturated carbocycles. The minimum Gasteiger partial charge on any atom is -0.407 e. The highest BCUT2D eigenvalue weighted by molar-refractivity contribution is 5.23. The van der Waals surface area contributed by atoms with E-state index in [0.29, 0.717) is 31.0 Å². The Hall–Kier alpha value is -1.14. The number of aromatic nitrogens is 2. The van der Waals surface area contributed by atoms with Gasteiger partial charge in [0.15, 0.2) is 0 Å². The quantitative estimate of drug-likeness (QED) is 0.810. The van der Waals surface area contributed by atoms with Gasteiger partial charge in [-0.2, -0.15) is 0 Å². The maximum atomic E-state index is 10.4. The van der Waals surface area contributed by atoms with E-state index in [0.717, 1.165) is 25.7 Å². The minimum atomic E-state index is -0.598. The molecule has 0 bridgehead atoms. The Morgan fingerprint density at radius 1 is 1.37 bits per heavy atom. The molecule has 1 heterocycles. The van der Waals surface area contributed by atoms with Crippen LogP contribution in [0.15, 0.2) is 4.42 Å². The summed E-state index contributed by atoms with van der Waals surface area (Å²) in [7, 11) is 1.88. The average Bonchev–Trinajstić information content (AvgIpc) is 2.95. The Labute approximate surface area is 114 Å². The summed E-state index contributed by atoms with van der Waals surface area (Å²) in [5.74, 6) is 0.578. The summed E-state index contributed by atoms with van der Waals surface area (Å²) in [6.45, 7) is 5.26. The van der Waals surface area contributed by atoms with E-state index in [9.17, 15) is 5.11 Å². The molecule has 2 rings (SSSR count). The molecule has 19 heavy (non-hydrogen) atoms. The molecule has 1 aliphatic carbocycles. The van der Waals surface area contributed by atoms with Crippen LogP contribution in [-0.4, -0.2) is 40.5 Å². The van der Waals surface area contributed by atoms with Crippen LogP contribution in [0.5, 0.6) is 0 Å². The first kappa shape index (κ1) is 14.3. The lowest BCUT2D eigenvalue weighted by Crippen LogP contribution is -2.39. The lowest BCUT2D eigenvalue weighted by Gasteiger charge is -2.27. The fourth-order valence-corrected chi connectivity index (χ4v) is 2.46. The summed E-state index contributed by atoms with van der Waals surface area (Å²) in [6, 6.07) is 0.855. The van der Waals surface area contributed by atoms with E-state index in [1.807, 2.05) is 11.9 Å². The van der Waals surface area contributed by atoms with Crippen LogP contribution in [0.3, 0.4) is 0 Å². The van der Waals surface area contributed by atoms with Crippen LogP contribution >= 0.6 is 0 Å². The van der Waals surface area contributed by atoms with Crippen LogP contribution in [0.2, 0.25) is 0 Å². The molecule has 0 amide bonds. The fraction of sp³-hybridized carbons (Fsp3) is 0.846. The minimum absolute atomic E-state index is 0.382. The number of anilines is 1.